The number of carbonyl (C=O) groups excluding carboxylic acids is 1. The van der Waals surface area contributed by atoms with Crippen LogP contribution in [0.3, 0.4) is 0 Å². The lowest BCUT2D eigenvalue weighted by Crippen LogP contribution is -2.35. The van der Waals surface area contributed by atoms with Crippen LogP contribution in [-0.2, 0) is 10.0 Å². The highest BCUT2D eigenvalue weighted by molar-refractivity contribution is 7.91. The monoisotopic (exact) mass is 556 g/mol. The normalized spacial score (nSPS) is 16.4. The maximum Gasteiger partial charge on any atom is 0.335 e. The zero-order valence-electron chi connectivity index (χ0n) is 20.6. The van der Waals surface area contributed by atoms with Crippen molar-refractivity contribution in [2.24, 2.45) is 0 Å². The molecule has 2 amide bonds. The van der Waals surface area contributed by atoms with Gasteiger partial charge in [0.15, 0.2) is 0 Å². The third-order valence-corrected chi connectivity index (χ3v) is 10.0. The molecule has 0 aliphatic carbocycles. The molecule has 2 fully saturated rings. The molecule has 11 nitrogen and oxygen atoms in total. The van der Waals surface area contributed by atoms with E-state index in [4.69, 9.17) is 4.98 Å². The zero-order chi connectivity index (χ0) is 26.7. The van der Waals surface area contributed by atoms with Crippen LogP contribution in [-0.4, -0.2) is 84.0 Å². The average Bonchev–Trinajstić information content (AvgIpc) is 3.59. The number of benzene rings is 1. The molecule has 2 aromatic heterocycles. The Morgan fingerprint density at radius 1 is 1.13 bits per heavy atom. The lowest BCUT2D eigenvalue weighted by Gasteiger charge is -2.25. The van der Waals surface area contributed by atoms with Crippen LogP contribution in [0, 0.1) is 0 Å². The lowest BCUT2D eigenvalue weighted by atomic mass is 10.0. The molecule has 0 spiro atoms. The van der Waals surface area contributed by atoms with Gasteiger partial charge in [0.2, 0.25) is 5.95 Å². The van der Waals surface area contributed by atoms with Gasteiger partial charge in [-0.05, 0) is 42.7 Å². The molecular weight excluding hydrogens is 528 g/mol. The standard InChI is InChI=1S/C25H28N6O5S2/c32-23(33)18-6-4-5-17(15-18)19-16-28-24(26-9-13-30-14-10-27-25(30)34)29-22(19)20-7-8-21(37-20)38(35,36)31-11-2-1-3-12-31/h4-8,15-16H,1-3,9-14H2,(H,27,34)(H,32,33)(H,26,28,29). The first kappa shape index (κ1) is 26.1. The summed E-state index contributed by atoms with van der Waals surface area (Å²) in [5, 5.41) is 15.4. The van der Waals surface area contributed by atoms with Crippen LogP contribution in [0.2, 0.25) is 0 Å². The highest BCUT2D eigenvalue weighted by Gasteiger charge is 2.28. The van der Waals surface area contributed by atoms with Gasteiger partial charge >= 0.3 is 12.0 Å². The Morgan fingerprint density at radius 2 is 1.95 bits per heavy atom. The second-order valence-electron chi connectivity index (χ2n) is 9.07. The Hall–Kier alpha value is -3.55. The number of aromatic carboxylic acids is 1. The number of carboxylic acid groups (broad SMARTS) is 1. The number of aromatic nitrogens is 2. The number of amides is 2. The number of hydrogen-bond acceptors (Lipinski definition) is 8. The highest BCUT2D eigenvalue weighted by atomic mass is 32.2. The minimum atomic E-state index is -3.61. The van der Waals surface area contributed by atoms with Gasteiger partial charge in [0.1, 0.15) is 4.21 Å². The molecule has 4 heterocycles. The third kappa shape index (κ3) is 5.49. The first-order valence-corrected chi connectivity index (χ1v) is 14.7. The number of nitrogens with one attached hydrogen (secondary N) is 2. The number of sulfonamides is 1. The molecule has 3 aromatic rings. The van der Waals surface area contributed by atoms with Crippen LogP contribution in [0.25, 0.3) is 21.7 Å². The third-order valence-electron chi connectivity index (χ3n) is 6.54. The largest absolute Gasteiger partial charge is 0.478 e. The smallest absolute Gasteiger partial charge is 0.335 e. The van der Waals surface area contributed by atoms with E-state index in [1.165, 1.54) is 10.4 Å². The van der Waals surface area contributed by atoms with Crippen molar-refractivity contribution in [2.75, 3.05) is 44.6 Å². The summed E-state index contributed by atoms with van der Waals surface area (Å²) < 4.78 is 28.3. The Kier molecular flexibility index (Phi) is 7.58. The summed E-state index contributed by atoms with van der Waals surface area (Å²) in [6.45, 7) is 3.18. The van der Waals surface area contributed by atoms with Gasteiger partial charge in [-0.15, -0.1) is 11.3 Å². The minimum absolute atomic E-state index is 0.108. The van der Waals surface area contributed by atoms with Crippen molar-refractivity contribution in [3.8, 4) is 21.7 Å². The number of thiophene rings is 1. The predicted octanol–water partition coefficient (Wildman–Crippen LogP) is 3.18. The summed E-state index contributed by atoms with van der Waals surface area (Å²) in [6, 6.07) is 9.69. The van der Waals surface area contributed by atoms with Crippen LogP contribution in [0.15, 0.2) is 46.8 Å². The molecule has 0 saturated carbocycles. The van der Waals surface area contributed by atoms with Crippen LogP contribution >= 0.6 is 11.3 Å². The van der Waals surface area contributed by atoms with Gasteiger partial charge in [-0.1, -0.05) is 18.6 Å². The SMILES string of the molecule is O=C(O)c1cccc(-c2cnc(NCCN3CCNC3=O)nc2-c2ccc(S(=O)(=O)N3CCCCC3)s2)c1. The maximum atomic E-state index is 13.3. The van der Waals surface area contributed by atoms with E-state index in [-0.39, 0.29) is 15.8 Å². The molecule has 5 rings (SSSR count). The molecule has 200 valence electrons. The van der Waals surface area contributed by atoms with Gasteiger partial charge in [0.25, 0.3) is 10.0 Å². The molecule has 2 aliphatic rings. The Bertz CT molecular complexity index is 1450. The Morgan fingerprint density at radius 3 is 2.68 bits per heavy atom. The van der Waals surface area contributed by atoms with E-state index in [0.717, 1.165) is 30.6 Å². The number of urea groups is 1. The van der Waals surface area contributed by atoms with Crippen molar-refractivity contribution >= 4 is 39.3 Å². The second kappa shape index (κ2) is 11.1. The number of piperidine rings is 1. The van der Waals surface area contributed by atoms with Gasteiger partial charge in [-0.2, -0.15) is 4.31 Å². The number of carboxylic acids is 1. The quantitative estimate of drug-likeness (QED) is 0.364. The Labute approximate surface area is 224 Å². The van der Waals surface area contributed by atoms with Gasteiger partial charge in [-0.25, -0.2) is 28.0 Å². The topological polar surface area (TPSA) is 145 Å². The van der Waals surface area contributed by atoms with E-state index in [9.17, 15) is 23.1 Å². The summed E-state index contributed by atoms with van der Waals surface area (Å²) in [5.74, 6) is -0.726. The predicted molar refractivity (Wildman–Crippen MR) is 144 cm³/mol. The first-order chi connectivity index (χ1) is 18.3. The van der Waals surface area contributed by atoms with Crippen LogP contribution < -0.4 is 10.6 Å². The van der Waals surface area contributed by atoms with Crippen molar-refractivity contribution < 1.29 is 23.1 Å². The average molecular weight is 557 g/mol. The minimum Gasteiger partial charge on any atom is -0.478 e. The zero-order valence-corrected chi connectivity index (χ0v) is 22.2. The molecule has 0 bridgehead atoms. The van der Waals surface area contributed by atoms with Crippen molar-refractivity contribution in [1.29, 1.82) is 0 Å². The lowest BCUT2D eigenvalue weighted by molar-refractivity contribution is 0.0697. The van der Waals surface area contributed by atoms with E-state index < -0.39 is 16.0 Å². The first-order valence-electron chi connectivity index (χ1n) is 12.4. The van der Waals surface area contributed by atoms with E-state index in [1.54, 1.807) is 41.4 Å². The van der Waals surface area contributed by atoms with Crippen LogP contribution in [0.1, 0.15) is 29.6 Å². The fourth-order valence-electron chi connectivity index (χ4n) is 4.53. The van der Waals surface area contributed by atoms with Gasteiger partial charge < -0.3 is 20.6 Å². The maximum absolute atomic E-state index is 13.3. The van der Waals surface area contributed by atoms with Crippen LogP contribution in [0.5, 0.6) is 0 Å². The molecule has 2 aliphatic heterocycles. The number of anilines is 1. The summed E-state index contributed by atoms with van der Waals surface area (Å²) in [6.07, 6.45) is 4.33. The molecule has 3 N–H and O–H groups in total. The molecular formula is C25H28N6O5S2. The fraction of sp³-hybridized carbons (Fsp3) is 0.360. The molecule has 2 saturated heterocycles. The number of hydrogen-bond donors (Lipinski definition) is 3. The summed E-state index contributed by atoms with van der Waals surface area (Å²) in [4.78, 5) is 34.8. The summed E-state index contributed by atoms with van der Waals surface area (Å²) >= 11 is 1.13. The molecule has 38 heavy (non-hydrogen) atoms. The summed E-state index contributed by atoms with van der Waals surface area (Å²) in [5.41, 5.74) is 1.81. The van der Waals surface area contributed by atoms with Crippen molar-refractivity contribution in [3.05, 3.63) is 48.2 Å². The van der Waals surface area contributed by atoms with E-state index in [2.05, 4.69) is 15.6 Å². The molecule has 1 aromatic carbocycles. The van der Waals surface area contributed by atoms with Gasteiger partial charge in [0, 0.05) is 51.0 Å². The van der Waals surface area contributed by atoms with Crippen molar-refractivity contribution in [1.82, 2.24) is 24.5 Å². The number of nitrogens with zero attached hydrogens (tertiary/aromatic N) is 4. The Balaban J connectivity index is 1.47. The van der Waals surface area contributed by atoms with Crippen molar-refractivity contribution in [2.45, 2.75) is 23.5 Å². The van der Waals surface area contributed by atoms with Crippen molar-refractivity contribution in [3.63, 3.8) is 0 Å². The van der Waals surface area contributed by atoms with E-state index >= 15 is 0 Å². The fourth-order valence-corrected chi connectivity index (χ4v) is 7.51. The number of carbonyl (C=O) groups is 2. The van der Waals surface area contributed by atoms with E-state index in [0.29, 0.717) is 66.9 Å². The van der Waals surface area contributed by atoms with Gasteiger partial charge in [0.05, 0.1) is 16.1 Å². The molecule has 0 radical (unpaired) electrons. The van der Waals surface area contributed by atoms with E-state index in [1.807, 2.05) is 0 Å². The molecule has 0 atom stereocenters. The molecule has 13 heteroatoms. The number of rotatable bonds is 9. The summed E-state index contributed by atoms with van der Waals surface area (Å²) in [7, 11) is -3.61. The van der Waals surface area contributed by atoms with Crippen LogP contribution in [0.4, 0.5) is 10.7 Å². The molecule has 0 unspecified atom stereocenters. The second-order valence-corrected chi connectivity index (χ2v) is 12.3. The van der Waals surface area contributed by atoms with Gasteiger partial charge in [-0.3, -0.25) is 0 Å². The highest BCUT2D eigenvalue weighted by Crippen LogP contribution is 2.37.